The van der Waals surface area contributed by atoms with E-state index in [2.05, 4.69) is 20.6 Å². The third kappa shape index (κ3) is 6.35. The molecule has 0 unspecified atom stereocenters. The number of amides is 1. The van der Waals surface area contributed by atoms with Gasteiger partial charge >= 0.3 is 0 Å². The number of halogens is 1. The maximum atomic E-state index is 11.4. The van der Waals surface area contributed by atoms with Gasteiger partial charge in [0.1, 0.15) is 17.6 Å². The summed E-state index contributed by atoms with van der Waals surface area (Å²) < 4.78 is 5.22. The van der Waals surface area contributed by atoms with E-state index in [-0.39, 0.29) is 12.5 Å². The van der Waals surface area contributed by atoms with Gasteiger partial charge < -0.3 is 15.4 Å². The van der Waals surface area contributed by atoms with Crippen LogP contribution >= 0.6 is 11.6 Å². The molecule has 0 aliphatic carbocycles. The van der Waals surface area contributed by atoms with Crippen molar-refractivity contribution in [3.8, 4) is 0 Å². The average Bonchev–Trinajstić information content (AvgIpc) is 2.40. The highest BCUT2D eigenvalue weighted by Crippen LogP contribution is 2.11. The molecular formula is C12H19ClN4O2. The fourth-order valence-electron chi connectivity index (χ4n) is 1.31. The van der Waals surface area contributed by atoms with E-state index in [0.717, 1.165) is 6.42 Å². The minimum Gasteiger partial charge on any atom is -0.374 e. The van der Waals surface area contributed by atoms with Gasteiger partial charge in [0.05, 0.1) is 6.54 Å². The van der Waals surface area contributed by atoms with Gasteiger partial charge in [-0.3, -0.25) is 4.79 Å². The Morgan fingerprint density at radius 2 is 2.21 bits per heavy atom. The van der Waals surface area contributed by atoms with Gasteiger partial charge in [-0.1, -0.05) is 18.5 Å². The standard InChI is InChI=1S/C12H19ClN4O2/c1-3-5-14-12(18)7-15-10-6-9(13)16-11(17-10)8-19-4-2/h6H,3-5,7-8H2,1-2H3,(H,14,18)(H,15,16,17). The number of carbonyl (C=O) groups is 1. The molecule has 7 heteroatoms. The van der Waals surface area contributed by atoms with Crippen LogP contribution in [0, 0.1) is 0 Å². The normalized spacial score (nSPS) is 10.3. The molecule has 0 radical (unpaired) electrons. The Morgan fingerprint density at radius 1 is 1.42 bits per heavy atom. The molecule has 1 aromatic rings. The number of nitrogens with zero attached hydrogens (tertiary/aromatic N) is 2. The second kappa shape index (κ2) is 8.66. The van der Waals surface area contributed by atoms with E-state index in [0.29, 0.717) is 36.6 Å². The number of hydrogen-bond donors (Lipinski definition) is 2. The molecule has 0 atom stereocenters. The van der Waals surface area contributed by atoms with Crippen molar-refractivity contribution in [2.45, 2.75) is 26.9 Å². The Kier molecular flexibility index (Phi) is 7.14. The Balaban J connectivity index is 2.52. The third-order valence-electron chi connectivity index (χ3n) is 2.18. The van der Waals surface area contributed by atoms with Crippen LogP contribution in [0.5, 0.6) is 0 Å². The molecule has 0 spiro atoms. The topological polar surface area (TPSA) is 76.1 Å². The first-order chi connectivity index (χ1) is 9.15. The second-order valence-corrected chi connectivity index (χ2v) is 4.22. The Morgan fingerprint density at radius 3 is 2.89 bits per heavy atom. The van der Waals surface area contributed by atoms with Crippen molar-refractivity contribution < 1.29 is 9.53 Å². The summed E-state index contributed by atoms with van der Waals surface area (Å²) in [5.41, 5.74) is 0. The molecule has 106 valence electrons. The summed E-state index contributed by atoms with van der Waals surface area (Å²) in [6.07, 6.45) is 0.906. The molecule has 6 nitrogen and oxygen atoms in total. The molecule has 0 saturated carbocycles. The fraction of sp³-hybridized carbons (Fsp3) is 0.583. The Hall–Kier alpha value is -1.40. The van der Waals surface area contributed by atoms with Crippen LogP contribution in [0.2, 0.25) is 5.15 Å². The predicted octanol–water partition coefficient (Wildman–Crippen LogP) is 1.60. The minimum atomic E-state index is -0.0806. The smallest absolute Gasteiger partial charge is 0.239 e. The number of anilines is 1. The van der Waals surface area contributed by atoms with Crippen LogP contribution in [0.25, 0.3) is 0 Å². The number of hydrogen-bond acceptors (Lipinski definition) is 5. The van der Waals surface area contributed by atoms with Crippen molar-refractivity contribution in [2.24, 2.45) is 0 Å². The van der Waals surface area contributed by atoms with Gasteiger partial charge in [0.15, 0.2) is 5.82 Å². The van der Waals surface area contributed by atoms with Crippen molar-refractivity contribution >= 4 is 23.3 Å². The number of rotatable bonds is 8. The molecule has 0 bridgehead atoms. The van der Waals surface area contributed by atoms with Crippen molar-refractivity contribution in [1.82, 2.24) is 15.3 Å². The molecule has 0 saturated heterocycles. The van der Waals surface area contributed by atoms with Crippen LogP contribution in [0.4, 0.5) is 5.82 Å². The maximum Gasteiger partial charge on any atom is 0.239 e. The summed E-state index contributed by atoms with van der Waals surface area (Å²) in [6.45, 7) is 5.59. The zero-order valence-corrected chi connectivity index (χ0v) is 12.0. The van der Waals surface area contributed by atoms with E-state index in [1.54, 1.807) is 6.07 Å². The Bertz CT molecular complexity index is 415. The van der Waals surface area contributed by atoms with Gasteiger partial charge in [0.25, 0.3) is 0 Å². The monoisotopic (exact) mass is 286 g/mol. The molecule has 0 aliphatic rings. The molecule has 0 aromatic carbocycles. The first-order valence-electron chi connectivity index (χ1n) is 6.27. The quantitative estimate of drug-likeness (QED) is 0.710. The summed E-state index contributed by atoms with van der Waals surface area (Å²) >= 11 is 5.88. The molecule has 0 aliphatic heterocycles. The van der Waals surface area contributed by atoms with Gasteiger partial charge in [-0.25, -0.2) is 9.97 Å². The van der Waals surface area contributed by atoms with E-state index < -0.39 is 0 Å². The molecule has 1 rings (SSSR count). The molecule has 19 heavy (non-hydrogen) atoms. The molecular weight excluding hydrogens is 268 g/mol. The highest BCUT2D eigenvalue weighted by atomic mass is 35.5. The largest absolute Gasteiger partial charge is 0.374 e. The van der Waals surface area contributed by atoms with Crippen LogP contribution in [-0.2, 0) is 16.1 Å². The summed E-state index contributed by atoms with van der Waals surface area (Å²) in [6, 6.07) is 1.57. The minimum absolute atomic E-state index is 0.0806. The van der Waals surface area contributed by atoms with Gasteiger partial charge in [-0.15, -0.1) is 0 Å². The lowest BCUT2D eigenvalue weighted by molar-refractivity contribution is -0.119. The van der Waals surface area contributed by atoms with E-state index in [9.17, 15) is 4.79 Å². The molecule has 1 heterocycles. The first-order valence-corrected chi connectivity index (χ1v) is 6.65. The summed E-state index contributed by atoms with van der Waals surface area (Å²) in [5, 5.41) is 5.99. The summed E-state index contributed by atoms with van der Waals surface area (Å²) in [4.78, 5) is 19.7. The molecule has 1 amide bonds. The molecule has 0 fully saturated rings. The van der Waals surface area contributed by atoms with E-state index in [1.807, 2.05) is 13.8 Å². The Labute approximate surface area is 117 Å². The van der Waals surface area contributed by atoms with Crippen LogP contribution < -0.4 is 10.6 Å². The lowest BCUT2D eigenvalue weighted by atomic mass is 10.4. The lowest BCUT2D eigenvalue weighted by Gasteiger charge is -2.08. The fourth-order valence-corrected chi connectivity index (χ4v) is 1.51. The first kappa shape index (κ1) is 15.7. The lowest BCUT2D eigenvalue weighted by Crippen LogP contribution is -2.30. The van der Waals surface area contributed by atoms with Crippen LogP contribution in [-0.4, -0.2) is 35.6 Å². The zero-order valence-electron chi connectivity index (χ0n) is 11.2. The van der Waals surface area contributed by atoms with Gasteiger partial charge in [0, 0.05) is 19.2 Å². The van der Waals surface area contributed by atoms with Crippen molar-refractivity contribution in [3.05, 3.63) is 17.0 Å². The van der Waals surface area contributed by atoms with Crippen LogP contribution in [0.3, 0.4) is 0 Å². The van der Waals surface area contributed by atoms with Crippen LogP contribution in [0.1, 0.15) is 26.1 Å². The maximum absolute atomic E-state index is 11.4. The molecule has 1 aromatic heterocycles. The van der Waals surface area contributed by atoms with Crippen molar-refractivity contribution in [2.75, 3.05) is 25.0 Å². The van der Waals surface area contributed by atoms with Gasteiger partial charge in [0.2, 0.25) is 5.91 Å². The third-order valence-corrected chi connectivity index (χ3v) is 2.37. The zero-order chi connectivity index (χ0) is 14.1. The van der Waals surface area contributed by atoms with Crippen LogP contribution in [0.15, 0.2) is 6.07 Å². The van der Waals surface area contributed by atoms with Crippen molar-refractivity contribution in [3.63, 3.8) is 0 Å². The van der Waals surface area contributed by atoms with E-state index >= 15 is 0 Å². The highest BCUT2D eigenvalue weighted by Gasteiger charge is 2.05. The van der Waals surface area contributed by atoms with Gasteiger partial charge in [-0.05, 0) is 13.3 Å². The average molecular weight is 287 g/mol. The van der Waals surface area contributed by atoms with E-state index in [1.165, 1.54) is 0 Å². The number of aromatic nitrogens is 2. The van der Waals surface area contributed by atoms with Crippen molar-refractivity contribution in [1.29, 1.82) is 0 Å². The summed E-state index contributed by atoms with van der Waals surface area (Å²) in [7, 11) is 0. The number of nitrogens with one attached hydrogen (secondary N) is 2. The SMILES string of the molecule is CCCNC(=O)CNc1cc(Cl)nc(COCC)n1. The highest BCUT2D eigenvalue weighted by molar-refractivity contribution is 6.29. The number of carbonyl (C=O) groups excluding carboxylic acids is 1. The van der Waals surface area contributed by atoms with Gasteiger partial charge in [-0.2, -0.15) is 0 Å². The second-order valence-electron chi connectivity index (χ2n) is 3.83. The number of ether oxygens (including phenoxy) is 1. The van der Waals surface area contributed by atoms with E-state index in [4.69, 9.17) is 16.3 Å². The molecule has 2 N–H and O–H groups in total. The summed E-state index contributed by atoms with van der Waals surface area (Å²) in [5.74, 6) is 0.926. The predicted molar refractivity (Wildman–Crippen MR) is 74.2 cm³/mol.